The molecule has 8 nitrogen and oxygen atoms in total. The average Bonchev–Trinajstić information content (AvgIpc) is 3.37. The molecule has 33 heavy (non-hydrogen) atoms. The topological polar surface area (TPSA) is 81.7 Å². The van der Waals surface area contributed by atoms with Crippen molar-refractivity contribution in [1.82, 2.24) is 29.2 Å². The Bertz CT molecular complexity index is 1380. The van der Waals surface area contributed by atoms with Crippen molar-refractivity contribution in [3.63, 3.8) is 0 Å². The Balaban J connectivity index is 1.61. The van der Waals surface area contributed by atoms with Gasteiger partial charge in [-0.1, -0.05) is 6.07 Å². The Hall–Kier alpha value is -3.39. The van der Waals surface area contributed by atoms with Crippen molar-refractivity contribution in [2.75, 3.05) is 11.9 Å². The van der Waals surface area contributed by atoms with Crippen LogP contribution in [0.4, 0.5) is 11.6 Å². The summed E-state index contributed by atoms with van der Waals surface area (Å²) in [5.74, 6) is 0.473. The fraction of sp³-hybridized carbons (Fsp3) is 0.400. The van der Waals surface area contributed by atoms with Gasteiger partial charge in [-0.3, -0.25) is 4.79 Å². The highest BCUT2D eigenvalue weighted by atomic mass is 16.1. The van der Waals surface area contributed by atoms with Crippen molar-refractivity contribution < 1.29 is 0 Å². The van der Waals surface area contributed by atoms with Crippen LogP contribution in [0.5, 0.6) is 0 Å². The largest absolute Gasteiger partial charge is 0.347 e. The molecule has 4 heterocycles. The summed E-state index contributed by atoms with van der Waals surface area (Å²) in [5.41, 5.74) is 4.97. The predicted octanol–water partition coefficient (Wildman–Crippen LogP) is 4.11. The molecule has 0 bridgehead atoms. The minimum Gasteiger partial charge on any atom is -0.347 e. The second kappa shape index (κ2) is 7.88. The Labute approximate surface area is 193 Å². The lowest BCUT2D eigenvalue weighted by Crippen LogP contribution is -2.24. The molecular weight excluding hydrogens is 414 g/mol. The molecule has 0 saturated carbocycles. The van der Waals surface area contributed by atoms with Gasteiger partial charge >= 0.3 is 0 Å². The van der Waals surface area contributed by atoms with Crippen molar-refractivity contribution in [3.8, 4) is 5.69 Å². The highest BCUT2D eigenvalue weighted by Gasteiger charge is 2.21. The third-order valence-corrected chi connectivity index (χ3v) is 6.16. The number of aromatic nitrogens is 5. The van der Waals surface area contributed by atoms with E-state index in [1.54, 1.807) is 10.9 Å². The van der Waals surface area contributed by atoms with Crippen molar-refractivity contribution >= 4 is 22.7 Å². The number of nitrogens with zero attached hydrogens (tertiary/aromatic N) is 5. The van der Waals surface area contributed by atoms with Crippen molar-refractivity contribution in [2.24, 2.45) is 0 Å². The molecule has 172 valence electrons. The Morgan fingerprint density at radius 3 is 2.70 bits per heavy atom. The first-order valence-electron chi connectivity index (χ1n) is 11.5. The fourth-order valence-corrected chi connectivity index (χ4v) is 4.39. The molecule has 5 rings (SSSR count). The predicted molar refractivity (Wildman–Crippen MR) is 132 cm³/mol. The van der Waals surface area contributed by atoms with Crippen LogP contribution in [0.1, 0.15) is 51.8 Å². The number of fused-ring (bicyclic) bond motifs is 2. The van der Waals surface area contributed by atoms with Crippen LogP contribution in [-0.4, -0.2) is 30.4 Å². The van der Waals surface area contributed by atoms with Crippen molar-refractivity contribution in [2.45, 2.75) is 59.2 Å². The molecular formula is C25H31N7O. The minimum atomic E-state index is -0.0867. The number of hydrogen-bond donors (Lipinski definition) is 2. The number of hydrogen-bond acceptors (Lipinski definition) is 5. The van der Waals surface area contributed by atoms with E-state index >= 15 is 0 Å². The lowest BCUT2D eigenvalue weighted by Gasteiger charge is -2.21. The van der Waals surface area contributed by atoms with Gasteiger partial charge in [0.2, 0.25) is 5.95 Å². The Kier molecular flexibility index (Phi) is 5.12. The Morgan fingerprint density at radius 1 is 1.15 bits per heavy atom. The maximum atomic E-state index is 13.2. The van der Waals surface area contributed by atoms with Gasteiger partial charge in [0.1, 0.15) is 5.39 Å². The highest BCUT2D eigenvalue weighted by Crippen LogP contribution is 2.25. The van der Waals surface area contributed by atoms with E-state index in [1.165, 1.54) is 11.1 Å². The number of nitrogens with one attached hydrogen (secondary N) is 2. The number of anilines is 2. The molecule has 0 amide bonds. The zero-order valence-corrected chi connectivity index (χ0v) is 19.9. The van der Waals surface area contributed by atoms with E-state index in [0.29, 0.717) is 17.0 Å². The van der Waals surface area contributed by atoms with E-state index in [-0.39, 0.29) is 17.1 Å². The summed E-state index contributed by atoms with van der Waals surface area (Å²) in [6.07, 6.45) is 6.74. The third-order valence-electron chi connectivity index (χ3n) is 6.16. The van der Waals surface area contributed by atoms with E-state index in [9.17, 15) is 4.79 Å². The molecule has 2 N–H and O–H groups in total. The van der Waals surface area contributed by atoms with E-state index in [4.69, 9.17) is 4.98 Å². The highest BCUT2D eigenvalue weighted by molar-refractivity contribution is 5.77. The average molecular weight is 446 g/mol. The zero-order valence-electron chi connectivity index (χ0n) is 19.9. The molecule has 0 fully saturated rings. The van der Waals surface area contributed by atoms with Crippen LogP contribution < -0.4 is 16.2 Å². The van der Waals surface area contributed by atoms with Crippen molar-refractivity contribution in [3.05, 3.63) is 64.3 Å². The third kappa shape index (κ3) is 3.84. The first kappa shape index (κ1) is 21.5. The van der Waals surface area contributed by atoms with Crippen LogP contribution in [0.3, 0.4) is 0 Å². The van der Waals surface area contributed by atoms with Gasteiger partial charge in [-0.25, -0.2) is 14.3 Å². The SMILES string of the molecule is CC(C)n1c(=O)c2cnc(Nc3ccc4c(c3)CCNC4)nc2n1-c1ccn(C(C)(C)C)c1. The van der Waals surface area contributed by atoms with E-state index < -0.39 is 0 Å². The first-order chi connectivity index (χ1) is 15.7. The zero-order chi connectivity index (χ0) is 23.3. The molecule has 8 heteroatoms. The summed E-state index contributed by atoms with van der Waals surface area (Å²) in [7, 11) is 0. The van der Waals surface area contributed by atoms with Gasteiger partial charge < -0.3 is 15.2 Å². The lowest BCUT2D eigenvalue weighted by atomic mass is 10.0. The summed E-state index contributed by atoms with van der Waals surface area (Å²) < 4.78 is 5.80. The van der Waals surface area contributed by atoms with Gasteiger partial charge in [-0.05, 0) is 76.9 Å². The summed E-state index contributed by atoms with van der Waals surface area (Å²) in [5, 5.41) is 7.25. The van der Waals surface area contributed by atoms with E-state index in [1.807, 2.05) is 30.8 Å². The molecule has 0 spiro atoms. The number of rotatable bonds is 4. The molecule has 1 aliphatic rings. The van der Waals surface area contributed by atoms with Gasteiger partial charge in [0.15, 0.2) is 5.65 Å². The molecule has 4 aromatic rings. The van der Waals surface area contributed by atoms with Crippen LogP contribution in [0.15, 0.2) is 47.7 Å². The second-order valence-corrected chi connectivity index (χ2v) is 9.97. The summed E-state index contributed by atoms with van der Waals surface area (Å²) in [4.78, 5) is 22.5. The van der Waals surface area contributed by atoms with Gasteiger partial charge in [0.05, 0.1) is 5.69 Å². The fourth-order valence-electron chi connectivity index (χ4n) is 4.39. The van der Waals surface area contributed by atoms with Crippen LogP contribution in [0.25, 0.3) is 16.7 Å². The van der Waals surface area contributed by atoms with Gasteiger partial charge in [-0.2, -0.15) is 4.98 Å². The molecule has 0 atom stereocenters. The maximum Gasteiger partial charge on any atom is 0.278 e. The molecule has 0 radical (unpaired) electrons. The summed E-state index contributed by atoms with van der Waals surface area (Å²) in [6, 6.07) is 8.35. The first-order valence-corrected chi connectivity index (χ1v) is 11.5. The normalized spacial score (nSPS) is 14.1. The number of benzene rings is 1. The summed E-state index contributed by atoms with van der Waals surface area (Å²) >= 11 is 0. The van der Waals surface area contributed by atoms with Gasteiger partial charge in [0.25, 0.3) is 5.56 Å². The van der Waals surface area contributed by atoms with E-state index in [0.717, 1.165) is 30.9 Å². The second-order valence-electron chi connectivity index (χ2n) is 9.97. The van der Waals surface area contributed by atoms with Crippen LogP contribution >= 0.6 is 0 Å². The molecule has 0 saturated heterocycles. The van der Waals surface area contributed by atoms with Crippen LogP contribution in [0, 0.1) is 0 Å². The monoisotopic (exact) mass is 445 g/mol. The quantitative estimate of drug-likeness (QED) is 0.494. The van der Waals surface area contributed by atoms with Crippen molar-refractivity contribution in [1.29, 1.82) is 0 Å². The van der Waals surface area contributed by atoms with E-state index in [2.05, 4.69) is 65.4 Å². The smallest absolute Gasteiger partial charge is 0.278 e. The molecule has 0 aliphatic carbocycles. The van der Waals surface area contributed by atoms with Gasteiger partial charge in [-0.15, -0.1) is 0 Å². The molecule has 1 aromatic carbocycles. The molecule has 3 aromatic heterocycles. The van der Waals surface area contributed by atoms with Crippen LogP contribution in [-0.2, 0) is 18.5 Å². The van der Waals surface area contributed by atoms with Gasteiger partial charge in [0, 0.05) is 42.4 Å². The molecule has 0 unspecified atom stereocenters. The Morgan fingerprint density at radius 2 is 1.97 bits per heavy atom. The lowest BCUT2D eigenvalue weighted by molar-refractivity contribution is 0.397. The maximum absolute atomic E-state index is 13.2. The molecule has 1 aliphatic heterocycles. The minimum absolute atomic E-state index is 0.0321. The standard InChI is InChI=1S/C25H31N7O/c1-16(2)31-23(33)21-14-27-24(28-19-7-6-18-13-26-10-8-17(18)12-19)29-22(21)32(31)20-9-11-30(15-20)25(3,4)5/h6-7,9,11-12,14-16,26H,8,10,13H2,1-5H3,(H,27,28,29). The van der Waals surface area contributed by atoms with Crippen LogP contribution in [0.2, 0.25) is 0 Å². The summed E-state index contributed by atoms with van der Waals surface area (Å²) in [6.45, 7) is 12.4.